The SMILES string of the molecule is C=C(C)c1nc(-c2cccc(C(F)(F)F)c2)c(F)c(C(C)C)c1Br. The number of aromatic nitrogens is 1. The molecule has 1 aromatic heterocycles. The third-order valence-electron chi connectivity index (χ3n) is 3.56. The molecule has 0 atom stereocenters. The highest BCUT2D eigenvalue weighted by Crippen LogP contribution is 2.38. The summed E-state index contributed by atoms with van der Waals surface area (Å²) in [6.45, 7) is 9.14. The van der Waals surface area contributed by atoms with Crippen LogP contribution in [0.5, 0.6) is 0 Å². The van der Waals surface area contributed by atoms with Gasteiger partial charge in [-0.3, -0.25) is 0 Å². The van der Waals surface area contributed by atoms with Crippen molar-refractivity contribution in [2.45, 2.75) is 32.9 Å². The van der Waals surface area contributed by atoms with Gasteiger partial charge in [0.05, 0.1) is 11.3 Å². The third kappa shape index (κ3) is 3.53. The fraction of sp³-hybridized carbons (Fsp3) is 0.278. The Balaban J connectivity index is 2.78. The van der Waals surface area contributed by atoms with E-state index in [1.54, 1.807) is 20.8 Å². The van der Waals surface area contributed by atoms with Gasteiger partial charge in [0.2, 0.25) is 0 Å². The summed E-state index contributed by atoms with van der Waals surface area (Å²) in [4.78, 5) is 4.22. The highest BCUT2D eigenvalue weighted by Gasteiger charge is 2.31. The molecular formula is C18H16BrF4N. The molecule has 0 saturated carbocycles. The zero-order valence-electron chi connectivity index (χ0n) is 13.4. The van der Waals surface area contributed by atoms with Gasteiger partial charge in [0.15, 0.2) is 5.82 Å². The molecule has 1 heterocycles. The van der Waals surface area contributed by atoms with Crippen LogP contribution < -0.4 is 0 Å². The molecule has 0 aliphatic carbocycles. The third-order valence-corrected chi connectivity index (χ3v) is 4.36. The summed E-state index contributed by atoms with van der Waals surface area (Å²) >= 11 is 3.34. The summed E-state index contributed by atoms with van der Waals surface area (Å²) in [5.41, 5.74) is 0.539. The van der Waals surface area contributed by atoms with E-state index in [9.17, 15) is 17.6 Å². The quantitative estimate of drug-likeness (QED) is 0.513. The van der Waals surface area contributed by atoms with Gasteiger partial charge in [0.1, 0.15) is 5.69 Å². The van der Waals surface area contributed by atoms with Crippen LogP contribution >= 0.6 is 15.9 Å². The first-order valence-electron chi connectivity index (χ1n) is 7.26. The minimum Gasteiger partial charge on any atom is -0.244 e. The van der Waals surface area contributed by atoms with Crippen LogP contribution in [0.3, 0.4) is 0 Å². The molecule has 0 N–H and O–H groups in total. The van der Waals surface area contributed by atoms with E-state index in [4.69, 9.17) is 0 Å². The number of hydrogen-bond acceptors (Lipinski definition) is 1. The molecule has 24 heavy (non-hydrogen) atoms. The zero-order valence-corrected chi connectivity index (χ0v) is 15.0. The molecule has 0 unspecified atom stereocenters. The number of pyridine rings is 1. The fourth-order valence-corrected chi connectivity index (χ4v) is 3.44. The second kappa shape index (κ2) is 6.67. The molecule has 2 rings (SSSR count). The zero-order chi connectivity index (χ0) is 18.2. The first kappa shape index (κ1) is 18.6. The average molecular weight is 402 g/mol. The molecule has 0 aliphatic rings. The van der Waals surface area contributed by atoms with E-state index in [1.807, 2.05) is 0 Å². The molecule has 0 saturated heterocycles. The van der Waals surface area contributed by atoms with Gasteiger partial charge in [-0.15, -0.1) is 0 Å². The van der Waals surface area contributed by atoms with Gasteiger partial charge in [-0.25, -0.2) is 9.37 Å². The highest BCUT2D eigenvalue weighted by molar-refractivity contribution is 9.10. The molecular weight excluding hydrogens is 386 g/mol. The maximum Gasteiger partial charge on any atom is 0.416 e. The van der Waals surface area contributed by atoms with E-state index < -0.39 is 17.6 Å². The lowest BCUT2D eigenvalue weighted by Crippen LogP contribution is -2.07. The maximum atomic E-state index is 14.9. The van der Waals surface area contributed by atoms with E-state index >= 15 is 0 Å². The standard InChI is InChI=1S/C18H16BrF4N/c1-9(2)13-14(19)16(10(3)4)24-17(15(13)20)11-6-5-7-12(8-11)18(21,22)23/h5-9H,3H2,1-2,4H3. The first-order chi connectivity index (χ1) is 11.0. The van der Waals surface area contributed by atoms with Crippen molar-refractivity contribution in [2.75, 3.05) is 0 Å². The minimum atomic E-state index is -4.50. The number of benzene rings is 1. The van der Waals surface area contributed by atoms with Crippen molar-refractivity contribution in [3.05, 3.63) is 58.0 Å². The number of rotatable bonds is 3. The molecule has 2 aromatic rings. The molecule has 0 spiro atoms. The number of alkyl halides is 3. The molecule has 1 nitrogen and oxygen atoms in total. The Morgan fingerprint density at radius 1 is 1.25 bits per heavy atom. The molecule has 0 radical (unpaired) electrons. The largest absolute Gasteiger partial charge is 0.416 e. The van der Waals surface area contributed by atoms with Crippen LogP contribution in [0.15, 0.2) is 35.3 Å². The monoisotopic (exact) mass is 401 g/mol. The number of hydrogen-bond donors (Lipinski definition) is 0. The van der Waals surface area contributed by atoms with E-state index in [1.165, 1.54) is 12.1 Å². The minimum absolute atomic E-state index is 0.0826. The van der Waals surface area contributed by atoms with Crippen LogP contribution in [0.2, 0.25) is 0 Å². The van der Waals surface area contributed by atoms with E-state index in [2.05, 4.69) is 27.5 Å². The van der Waals surface area contributed by atoms with Crippen LogP contribution in [0.25, 0.3) is 16.8 Å². The molecule has 0 amide bonds. The Labute approximate surface area is 146 Å². The van der Waals surface area contributed by atoms with Crippen molar-refractivity contribution in [2.24, 2.45) is 0 Å². The normalized spacial score (nSPS) is 11.9. The lowest BCUT2D eigenvalue weighted by atomic mass is 9.97. The molecule has 128 valence electrons. The van der Waals surface area contributed by atoms with Gasteiger partial charge in [0, 0.05) is 15.6 Å². The lowest BCUT2D eigenvalue weighted by Gasteiger charge is -2.17. The number of nitrogens with zero attached hydrogens (tertiary/aromatic N) is 1. The van der Waals surface area contributed by atoms with Crippen molar-refractivity contribution in [1.82, 2.24) is 4.98 Å². The van der Waals surface area contributed by atoms with Gasteiger partial charge in [0.25, 0.3) is 0 Å². The van der Waals surface area contributed by atoms with Gasteiger partial charge >= 0.3 is 6.18 Å². The Morgan fingerprint density at radius 3 is 2.38 bits per heavy atom. The lowest BCUT2D eigenvalue weighted by molar-refractivity contribution is -0.137. The maximum absolute atomic E-state index is 14.9. The Kier molecular flexibility index (Phi) is 5.18. The van der Waals surface area contributed by atoms with Crippen LogP contribution in [0, 0.1) is 5.82 Å². The van der Waals surface area contributed by atoms with E-state index in [-0.39, 0.29) is 17.2 Å². The van der Waals surface area contributed by atoms with Crippen molar-refractivity contribution in [1.29, 1.82) is 0 Å². The summed E-state index contributed by atoms with van der Waals surface area (Å²) in [5.74, 6) is -0.800. The van der Waals surface area contributed by atoms with Gasteiger partial charge < -0.3 is 0 Å². The molecule has 0 fully saturated rings. The van der Waals surface area contributed by atoms with Crippen molar-refractivity contribution in [3.8, 4) is 11.3 Å². The number of halogens is 5. The summed E-state index contributed by atoms with van der Waals surface area (Å²) in [6.07, 6.45) is -4.50. The van der Waals surface area contributed by atoms with Crippen LogP contribution in [0.1, 0.15) is 43.5 Å². The topological polar surface area (TPSA) is 12.9 Å². The predicted octanol–water partition coefficient (Wildman–Crippen LogP) is 6.83. The van der Waals surface area contributed by atoms with Gasteiger partial charge in [-0.05, 0) is 46.5 Å². The summed E-state index contributed by atoms with van der Waals surface area (Å²) in [6, 6.07) is 4.52. The molecule has 0 aliphatic heterocycles. The summed E-state index contributed by atoms with van der Waals surface area (Å²) < 4.78 is 54.2. The van der Waals surface area contributed by atoms with Crippen LogP contribution in [-0.4, -0.2) is 4.98 Å². The van der Waals surface area contributed by atoms with Crippen LogP contribution in [-0.2, 0) is 6.18 Å². The van der Waals surface area contributed by atoms with E-state index in [0.717, 1.165) is 12.1 Å². The Morgan fingerprint density at radius 2 is 1.88 bits per heavy atom. The molecule has 1 aromatic carbocycles. The number of allylic oxidation sites excluding steroid dienone is 1. The van der Waals surface area contributed by atoms with Gasteiger partial charge in [-0.2, -0.15) is 13.2 Å². The summed E-state index contributed by atoms with van der Waals surface area (Å²) in [7, 11) is 0. The Hall–Kier alpha value is -1.69. The average Bonchev–Trinajstić information content (AvgIpc) is 2.46. The predicted molar refractivity (Wildman–Crippen MR) is 91.1 cm³/mol. The second-order valence-electron chi connectivity index (χ2n) is 5.86. The van der Waals surface area contributed by atoms with E-state index in [0.29, 0.717) is 21.3 Å². The fourth-order valence-electron chi connectivity index (χ4n) is 2.39. The molecule has 0 bridgehead atoms. The smallest absolute Gasteiger partial charge is 0.244 e. The molecule has 6 heteroatoms. The Bertz CT molecular complexity index is 794. The summed E-state index contributed by atoms with van der Waals surface area (Å²) in [5, 5.41) is 0. The van der Waals surface area contributed by atoms with Gasteiger partial charge in [-0.1, -0.05) is 32.6 Å². The van der Waals surface area contributed by atoms with Crippen molar-refractivity contribution < 1.29 is 17.6 Å². The second-order valence-corrected chi connectivity index (χ2v) is 6.66. The van der Waals surface area contributed by atoms with Crippen LogP contribution in [0.4, 0.5) is 17.6 Å². The van der Waals surface area contributed by atoms with Crippen molar-refractivity contribution in [3.63, 3.8) is 0 Å². The highest BCUT2D eigenvalue weighted by atomic mass is 79.9. The van der Waals surface area contributed by atoms with Crippen molar-refractivity contribution >= 4 is 21.5 Å². The first-order valence-corrected chi connectivity index (χ1v) is 8.05.